The highest BCUT2D eigenvalue weighted by Gasteiger charge is 2.31. The van der Waals surface area contributed by atoms with E-state index >= 15 is 0 Å². The van der Waals surface area contributed by atoms with Gasteiger partial charge in [0.1, 0.15) is 0 Å². The zero-order valence-corrected chi connectivity index (χ0v) is 24.3. The molecule has 1 aliphatic rings. The Morgan fingerprint density at radius 2 is 1.80 bits per heavy atom. The summed E-state index contributed by atoms with van der Waals surface area (Å²) in [7, 11) is 0. The first-order valence-corrected chi connectivity index (χ1v) is 14.9. The van der Waals surface area contributed by atoms with Crippen molar-refractivity contribution in [1.82, 2.24) is 30.0 Å². The fourth-order valence-electron chi connectivity index (χ4n) is 6.12. The van der Waals surface area contributed by atoms with Crippen molar-refractivity contribution in [2.45, 2.75) is 90.6 Å². The van der Waals surface area contributed by atoms with E-state index in [1.807, 2.05) is 29.8 Å². The van der Waals surface area contributed by atoms with Crippen LogP contribution in [0.3, 0.4) is 0 Å². The molecule has 1 aliphatic heterocycles. The van der Waals surface area contributed by atoms with Gasteiger partial charge < -0.3 is 4.74 Å². The molecule has 2 atom stereocenters. The zero-order valence-electron chi connectivity index (χ0n) is 24.3. The molecule has 0 spiro atoms. The molecule has 9 heteroatoms. The lowest BCUT2D eigenvalue weighted by Gasteiger charge is -2.32. The Morgan fingerprint density at radius 1 is 1.02 bits per heavy atom. The van der Waals surface area contributed by atoms with Crippen molar-refractivity contribution in [2.75, 3.05) is 6.61 Å². The van der Waals surface area contributed by atoms with Gasteiger partial charge in [0.2, 0.25) is 0 Å². The average molecular weight is 557 g/mol. The van der Waals surface area contributed by atoms with Crippen LogP contribution in [0.5, 0.6) is 0 Å². The standard InChI is InChI=1S/C32H40N6O3/c1-4-6-7-12-29-28(32(40)38-25(18-13-22(3)37(29)38)19-20-30(39)41-5-2)21-23-14-16-24(17-15-23)26-10-8-9-11-27(26)31-33-35-36-34-31/h8-11,14-17,22,25H,4-7,12-13,18-21H2,1-3H3,(H,33,34,35,36). The highest BCUT2D eigenvalue weighted by molar-refractivity contribution is 5.80. The van der Waals surface area contributed by atoms with Gasteiger partial charge in [-0.1, -0.05) is 68.3 Å². The van der Waals surface area contributed by atoms with Crippen LogP contribution in [0.2, 0.25) is 0 Å². The molecule has 4 aromatic rings. The summed E-state index contributed by atoms with van der Waals surface area (Å²) in [6.45, 7) is 6.62. The summed E-state index contributed by atoms with van der Waals surface area (Å²) in [5, 5.41) is 14.4. The molecule has 0 radical (unpaired) electrons. The van der Waals surface area contributed by atoms with Gasteiger partial charge in [-0.25, -0.2) is 9.78 Å². The van der Waals surface area contributed by atoms with Gasteiger partial charge >= 0.3 is 5.97 Å². The van der Waals surface area contributed by atoms with Gasteiger partial charge in [-0.2, -0.15) is 0 Å². The van der Waals surface area contributed by atoms with Crippen molar-refractivity contribution < 1.29 is 9.53 Å². The Bertz CT molecular complexity index is 1500. The molecular formula is C32H40N6O3. The molecule has 2 unspecified atom stereocenters. The Kier molecular flexibility index (Phi) is 9.11. The Hall–Kier alpha value is -4.01. The minimum atomic E-state index is -0.193. The molecule has 9 nitrogen and oxygen atoms in total. The number of tetrazole rings is 1. The van der Waals surface area contributed by atoms with E-state index in [1.54, 1.807) is 0 Å². The number of H-pyrrole nitrogens is 1. The number of hydrogen-bond acceptors (Lipinski definition) is 6. The van der Waals surface area contributed by atoms with Crippen LogP contribution < -0.4 is 5.56 Å². The number of ether oxygens (including phenoxy) is 1. The van der Waals surface area contributed by atoms with Crippen molar-refractivity contribution >= 4 is 5.97 Å². The van der Waals surface area contributed by atoms with Crippen molar-refractivity contribution in [1.29, 1.82) is 0 Å². The lowest BCUT2D eigenvalue weighted by molar-refractivity contribution is -0.143. The largest absolute Gasteiger partial charge is 0.466 e. The summed E-state index contributed by atoms with van der Waals surface area (Å²) >= 11 is 0. The summed E-state index contributed by atoms with van der Waals surface area (Å²) in [4.78, 5) is 26.2. The number of benzene rings is 2. The number of esters is 1. The number of carbonyl (C=O) groups is 1. The van der Waals surface area contributed by atoms with E-state index in [0.29, 0.717) is 31.7 Å². The minimum absolute atomic E-state index is 0.00578. The highest BCUT2D eigenvalue weighted by atomic mass is 16.5. The van der Waals surface area contributed by atoms with E-state index in [-0.39, 0.29) is 23.6 Å². The first-order valence-electron chi connectivity index (χ1n) is 14.9. The van der Waals surface area contributed by atoms with Crippen molar-refractivity contribution in [3.05, 3.63) is 75.7 Å². The summed E-state index contributed by atoms with van der Waals surface area (Å²) in [6.07, 6.45) is 7.63. The molecule has 2 aromatic heterocycles. The van der Waals surface area contributed by atoms with Gasteiger partial charge in [-0.3, -0.25) is 14.3 Å². The maximum atomic E-state index is 14.1. The molecule has 0 amide bonds. The van der Waals surface area contributed by atoms with Crippen LogP contribution in [0.15, 0.2) is 53.3 Å². The molecule has 3 heterocycles. The first-order chi connectivity index (χ1) is 20.0. The third-order valence-corrected chi connectivity index (χ3v) is 8.18. The molecule has 5 rings (SSSR count). The van der Waals surface area contributed by atoms with Crippen LogP contribution >= 0.6 is 0 Å². The summed E-state index contributed by atoms with van der Waals surface area (Å²) in [5.74, 6) is 0.433. The smallest absolute Gasteiger partial charge is 0.305 e. The summed E-state index contributed by atoms with van der Waals surface area (Å²) in [6, 6.07) is 16.7. The Labute approximate surface area is 240 Å². The Morgan fingerprint density at radius 3 is 2.51 bits per heavy atom. The number of unbranched alkanes of at least 4 members (excludes halogenated alkanes) is 2. The molecule has 0 saturated heterocycles. The zero-order chi connectivity index (χ0) is 28.8. The van der Waals surface area contributed by atoms with Crippen LogP contribution in [0, 0.1) is 0 Å². The highest BCUT2D eigenvalue weighted by Crippen LogP contribution is 2.34. The van der Waals surface area contributed by atoms with Gasteiger partial charge in [0.05, 0.1) is 12.6 Å². The molecule has 41 heavy (non-hydrogen) atoms. The summed E-state index contributed by atoms with van der Waals surface area (Å²) < 4.78 is 9.41. The fourth-order valence-corrected chi connectivity index (χ4v) is 6.12. The molecule has 0 fully saturated rings. The van der Waals surface area contributed by atoms with Crippen LogP contribution in [0.1, 0.15) is 94.6 Å². The second-order valence-corrected chi connectivity index (χ2v) is 11.0. The number of rotatable bonds is 12. The van der Waals surface area contributed by atoms with Gasteiger partial charge in [-0.05, 0) is 73.1 Å². The molecule has 2 aromatic carbocycles. The normalized spacial score (nSPS) is 16.5. The SMILES string of the molecule is CCCCCc1c(Cc2ccc(-c3ccccc3-c3nnn[nH]3)cc2)c(=O)n2n1C(C)CCC2CCC(=O)OCC. The Balaban J connectivity index is 1.46. The maximum Gasteiger partial charge on any atom is 0.305 e. The van der Waals surface area contributed by atoms with Crippen LogP contribution in [-0.4, -0.2) is 42.6 Å². The summed E-state index contributed by atoms with van der Waals surface area (Å²) in [5.41, 5.74) is 6.26. The van der Waals surface area contributed by atoms with Crippen molar-refractivity contribution in [3.8, 4) is 22.5 Å². The number of nitrogens with zero attached hydrogens (tertiary/aromatic N) is 5. The fraction of sp³-hybridized carbons (Fsp3) is 0.469. The lowest BCUT2D eigenvalue weighted by Crippen LogP contribution is -2.35. The second-order valence-electron chi connectivity index (χ2n) is 11.0. The van der Waals surface area contributed by atoms with E-state index in [4.69, 9.17) is 4.74 Å². The maximum absolute atomic E-state index is 14.1. The molecule has 1 N–H and O–H groups in total. The van der Waals surface area contributed by atoms with Crippen molar-refractivity contribution in [2.24, 2.45) is 0 Å². The van der Waals surface area contributed by atoms with Crippen LogP contribution in [-0.2, 0) is 22.4 Å². The molecular weight excluding hydrogens is 516 g/mol. The number of hydrogen-bond donors (Lipinski definition) is 1. The van der Waals surface area contributed by atoms with E-state index in [2.05, 4.69) is 69.5 Å². The van der Waals surface area contributed by atoms with Crippen LogP contribution in [0.25, 0.3) is 22.5 Å². The van der Waals surface area contributed by atoms with E-state index in [0.717, 1.165) is 72.0 Å². The van der Waals surface area contributed by atoms with Gasteiger partial charge in [0, 0.05) is 35.7 Å². The predicted octanol–water partition coefficient (Wildman–Crippen LogP) is 6.06. The van der Waals surface area contributed by atoms with Gasteiger partial charge in [0.25, 0.3) is 5.56 Å². The van der Waals surface area contributed by atoms with E-state index in [1.165, 1.54) is 0 Å². The molecule has 0 aliphatic carbocycles. The number of carbonyl (C=O) groups excluding carboxylic acids is 1. The lowest BCUT2D eigenvalue weighted by atomic mass is 9.96. The molecule has 0 saturated carbocycles. The van der Waals surface area contributed by atoms with Crippen molar-refractivity contribution in [3.63, 3.8) is 0 Å². The minimum Gasteiger partial charge on any atom is -0.466 e. The molecule has 0 bridgehead atoms. The van der Waals surface area contributed by atoms with Gasteiger partial charge in [0.15, 0.2) is 5.82 Å². The monoisotopic (exact) mass is 556 g/mol. The third kappa shape index (κ3) is 6.19. The first kappa shape index (κ1) is 28.5. The number of fused-ring (bicyclic) bond motifs is 1. The quantitative estimate of drug-likeness (QED) is 0.168. The predicted molar refractivity (Wildman–Crippen MR) is 159 cm³/mol. The number of aromatic amines is 1. The number of aromatic nitrogens is 6. The van der Waals surface area contributed by atoms with E-state index < -0.39 is 0 Å². The molecule has 216 valence electrons. The topological polar surface area (TPSA) is 108 Å². The van der Waals surface area contributed by atoms with E-state index in [9.17, 15) is 9.59 Å². The third-order valence-electron chi connectivity index (χ3n) is 8.18. The van der Waals surface area contributed by atoms with Gasteiger partial charge in [-0.15, -0.1) is 5.10 Å². The average Bonchev–Trinajstić information content (AvgIpc) is 3.62. The van der Waals surface area contributed by atoms with Crippen LogP contribution in [0.4, 0.5) is 0 Å². The second kappa shape index (κ2) is 13.1. The number of nitrogens with one attached hydrogen (secondary N) is 1.